The highest BCUT2D eigenvalue weighted by molar-refractivity contribution is 5.40. The van der Waals surface area contributed by atoms with Crippen LogP contribution in [0.4, 0.5) is 0 Å². The molecule has 24 heavy (non-hydrogen) atoms. The van der Waals surface area contributed by atoms with Crippen LogP contribution in [0.1, 0.15) is 45.3 Å². The molecule has 0 heterocycles. The molecule has 0 spiro atoms. The van der Waals surface area contributed by atoms with Gasteiger partial charge in [0, 0.05) is 5.56 Å². The molecule has 2 heteroatoms. The van der Waals surface area contributed by atoms with Crippen LogP contribution in [-0.2, 0) is 0 Å². The lowest BCUT2D eigenvalue weighted by atomic mass is 10.0. The summed E-state index contributed by atoms with van der Waals surface area (Å²) in [4.78, 5) is 0. The summed E-state index contributed by atoms with van der Waals surface area (Å²) in [5.74, 6) is 1.45. The Labute approximate surface area is 145 Å². The van der Waals surface area contributed by atoms with Crippen LogP contribution in [0.15, 0.2) is 77.9 Å². The van der Waals surface area contributed by atoms with E-state index in [9.17, 15) is 5.11 Å². The van der Waals surface area contributed by atoms with Gasteiger partial charge in [-0.1, -0.05) is 59.7 Å². The maximum atomic E-state index is 10.6. The molecule has 0 saturated carbocycles. The molecule has 1 unspecified atom stereocenters. The van der Waals surface area contributed by atoms with E-state index in [0.717, 1.165) is 24.2 Å². The number of rotatable bonds is 7. The number of hydrogen-bond acceptors (Lipinski definition) is 2. The van der Waals surface area contributed by atoms with Gasteiger partial charge in [0.1, 0.15) is 17.6 Å². The molecule has 0 bridgehead atoms. The SMILES string of the molecule is CC(C)=CCCC(C)=CC(O)c1ccccc1Oc1ccccc1. The largest absolute Gasteiger partial charge is 0.457 e. The van der Waals surface area contributed by atoms with Crippen molar-refractivity contribution in [1.82, 2.24) is 0 Å². The second-order valence-electron chi connectivity index (χ2n) is 6.23. The lowest BCUT2D eigenvalue weighted by Crippen LogP contribution is -1.98. The average Bonchev–Trinajstić information content (AvgIpc) is 2.56. The van der Waals surface area contributed by atoms with Crippen molar-refractivity contribution in [1.29, 1.82) is 0 Å². The standard InChI is InChI=1S/C22H26O2/c1-17(2)10-9-11-18(3)16-21(23)20-14-7-8-15-22(20)24-19-12-5-4-6-13-19/h4-8,10,12-16,21,23H,9,11H2,1-3H3. The first-order chi connectivity index (χ1) is 11.6. The molecule has 0 fully saturated rings. The molecule has 2 aromatic carbocycles. The zero-order chi connectivity index (χ0) is 17.4. The van der Waals surface area contributed by atoms with Crippen LogP contribution in [0.25, 0.3) is 0 Å². The first-order valence-electron chi connectivity index (χ1n) is 8.37. The summed E-state index contributed by atoms with van der Waals surface area (Å²) in [6.45, 7) is 6.26. The number of aliphatic hydroxyl groups excluding tert-OH is 1. The maximum Gasteiger partial charge on any atom is 0.133 e. The van der Waals surface area contributed by atoms with Gasteiger partial charge in [0.15, 0.2) is 0 Å². The van der Waals surface area contributed by atoms with E-state index in [1.165, 1.54) is 11.1 Å². The molecule has 2 aromatic rings. The van der Waals surface area contributed by atoms with E-state index in [-0.39, 0.29) is 0 Å². The lowest BCUT2D eigenvalue weighted by Gasteiger charge is -2.14. The van der Waals surface area contributed by atoms with E-state index in [0.29, 0.717) is 5.75 Å². The van der Waals surface area contributed by atoms with Crippen LogP contribution in [-0.4, -0.2) is 5.11 Å². The first-order valence-corrected chi connectivity index (χ1v) is 8.37. The highest BCUT2D eigenvalue weighted by Gasteiger charge is 2.11. The second-order valence-corrected chi connectivity index (χ2v) is 6.23. The summed E-state index contributed by atoms with van der Waals surface area (Å²) in [6.07, 6.45) is 5.41. The fourth-order valence-corrected chi connectivity index (χ4v) is 2.46. The van der Waals surface area contributed by atoms with Gasteiger partial charge in [0.05, 0.1) is 0 Å². The van der Waals surface area contributed by atoms with Crippen LogP contribution < -0.4 is 4.74 Å². The minimum Gasteiger partial charge on any atom is -0.457 e. The number of para-hydroxylation sites is 2. The van der Waals surface area contributed by atoms with E-state index in [1.807, 2.05) is 60.7 Å². The fraction of sp³-hybridized carbons (Fsp3) is 0.273. The Morgan fingerprint density at radius 2 is 1.67 bits per heavy atom. The van der Waals surface area contributed by atoms with Gasteiger partial charge in [0.25, 0.3) is 0 Å². The molecule has 0 saturated heterocycles. The van der Waals surface area contributed by atoms with E-state index in [1.54, 1.807) is 0 Å². The smallest absolute Gasteiger partial charge is 0.133 e. The predicted octanol–water partition coefficient (Wildman–Crippen LogP) is 6.21. The number of allylic oxidation sites excluding steroid dienone is 3. The minimum atomic E-state index is -0.670. The summed E-state index contributed by atoms with van der Waals surface area (Å²) >= 11 is 0. The predicted molar refractivity (Wildman–Crippen MR) is 100 cm³/mol. The van der Waals surface area contributed by atoms with Crippen molar-refractivity contribution in [3.05, 3.63) is 83.5 Å². The third kappa shape index (κ3) is 5.71. The quantitative estimate of drug-likeness (QED) is 0.614. The number of aliphatic hydroxyl groups is 1. The van der Waals surface area contributed by atoms with E-state index in [2.05, 4.69) is 26.8 Å². The van der Waals surface area contributed by atoms with Gasteiger partial charge < -0.3 is 9.84 Å². The topological polar surface area (TPSA) is 29.5 Å². The molecule has 2 rings (SSSR count). The molecule has 126 valence electrons. The lowest BCUT2D eigenvalue weighted by molar-refractivity contribution is 0.223. The van der Waals surface area contributed by atoms with Gasteiger partial charge in [-0.05, 0) is 51.8 Å². The number of ether oxygens (including phenoxy) is 1. The van der Waals surface area contributed by atoms with Gasteiger partial charge >= 0.3 is 0 Å². The third-order valence-corrected chi connectivity index (χ3v) is 3.74. The zero-order valence-corrected chi connectivity index (χ0v) is 14.7. The summed E-state index contributed by atoms with van der Waals surface area (Å²) in [7, 11) is 0. The van der Waals surface area contributed by atoms with E-state index >= 15 is 0 Å². The molecule has 2 nitrogen and oxygen atoms in total. The first kappa shape index (κ1) is 18.0. The van der Waals surface area contributed by atoms with Crippen molar-refractivity contribution in [2.75, 3.05) is 0 Å². The minimum absolute atomic E-state index is 0.670. The molecule has 0 aliphatic heterocycles. The normalized spacial score (nSPS) is 12.6. The maximum absolute atomic E-state index is 10.6. The molecular weight excluding hydrogens is 296 g/mol. The fourth-order valence-electron chi connectivity index (χ4n) is 2.46. The van der Waals surface area contributed by atoms with Crippen LogP contribution in [0.5, 0.6) is 11.5 Å². The summed E-state index contributed by atoms with van der Waals surface area (Å²) in [5.41, 5.74) is 3.28. The van der Waals surface area contributed by atoms with Gasteiger partial charge in [0.2, 0.25) is 0 Å². The van der Waals surface area contributed by atoms with Crippen LogP contribution in [0, 0.1) is 0 Å². The van der Waals surface area contributed by atoms with Gasteiger partial charge in [-0.25, -0.2) is 0 Å². The molecular formula is C22H26O2. The molecule has 0 radical (unpaired) electrons. The number of hydrogen-bond donors (Lipinski definition) is 1. The van der Waals surface area contributed by atoms with E-state index < -0.39 is 6.10 Å². The van der Waals surface area contributed by atoms with Crippen molar-refractivity contribution in [3.63, 3.8) is 0 Å². The zero-order valence-electron chi connectivity index (χ0n) is 14.7. The van der Waals surface area contributed by atoms with Gasteiger partial charge in [-0.3, -0.25) is 0 Å². The van der Waals surface area contributed by atoms with Crippen molar-refractivity contribution < 1.29 is 9.84 Å². The summed E-state index contributed by atoms with van der Waals surface area (Å²) in [6, 6.07) is 17.3. The monoisotopic (exact) mass is 322 g/mol. The summed E-state index contributed by atoms with van der Waals surface area (Å²) in [5, 5.41) is 10.6. The van der Waals surface area contributed by atoms with Crippen LogP contribution >= 0.6 is 0 Å². The Balaban J connectivity index is 2.11. The van der Waals surface area contributed by atoms with Crippen molar-refractivity contribution in [2.24, 2.45) is 0 Å². The second kappa shape index (κ2) is 9.09. The molecule has 0 aliphatic rings. The summed E-state index contributed by atoms with van der Waals surface area (Å²) < 4.78 is 5.93. The van der Waals surface area contributed by atoms with Crippen molar-refractivity contribution in [3.8, 4) is 11.5 Å². The Bertz CT molecular complexity index is 695. The van der Waals surface area contributed by atoms with Crippen LogP contribution in [0.2, 0.25) is 0 Å². The highest BCUT2D eigenvalue weighted by Crippen LogP contribution is 2.30. The number of benzene rings is 2. The molecule has 0 amide bonds. The Hall–Kier alpha value is -2.32. The van der Waals surface area contributed by atoms with Crippen molar-refractivity contribution >= 4 is 0 Å². The van der Waals surface area contributed by atoms with Crippen molar-refractivity contribution in [2.45, 2.75) is 39.7 Å². The van der Waals surface area contributed by atoms with Gasteiger partial charge in [-0.15, -0.1) is 0 Å². The molecule has 1 N–H and O–H groups in total. The molecule has 0 aliphatic carbocycles. The molecule has 0 aromatic heterocycles. The third-order valence-electron chi connectivity index (χ3n) is 3.74. The molecule has 1 atom stereocenters. The average molecular weight is 322 g/mol. The highest BCUT2D eigenvalue weighted by atomic mass is 16.5. The Morgan fingerprint density at radius 1 is 1.00 bits per heavy atom. The van der Waals surface area contributed by atoms with Gasteiger partial charge in [-0.2, -0.15) is 0 Å². The Morgan fingerprint density at radius 3 is 2.38 bits per heavy atom. The Kier molecular flexibility index (Phi) is 6.83. The van der Waals surface area contributed by atoms with E-state index in [4.69, 9.17) is 4.74 Å². The van der Waals surface area contributed by atoms with Crippen LogP contribution in [0.3, 0.4) is 0 Å².